The first-order chi connectivity index (χ1) is 13.2. The molecule has 0 bridgehead atoms. The highest BCUT2D eigenvalue weighted by atomic mass is 16.1. The fraction of sp³-hybridized carbons (Fsp3) is 0.316. The van der Waals surface area contributed by atoms with Crippen molar-refractivity contribution < 1.29 is 8.91 Å². The topological polar surface area (TPSA) is 68.4 Å². The number of aromatic nitrogens is 3. The van der Waals surface area contributed by atoms with Crippen LogP contribution >= 0.6 is 0 Å². The molecule has 3 aromatic rings. The SMILES string of the molecule is [2H]C([2H])([2H])n1c(=O)c2cc(C)cc(C(C)=O)c2n2cnc(C3=CCNCC3)c12. The Morgan fingerprint density at radius 3 is 2.92 bits per heavy atom. The van der Waals surface area contributed by atoms with Gasteiger partial charge >= 0.3 is 0 Å². The van der Waals surface area contributed by atoms with Crippen molar-refractivity contribution in [2.75, 3.05) is 13.1 Å². The van der Waals surface area contributed by atoms with E-state index in [1.54, 1.807) is 23.5 Å². The van der Waals surface area contributed by atoms with Crippen molar-refractivity contribution in [1.82, 2.24) is 19.3 Å². The van der Waals surface area contributed by atoms with Gasteiger partial charge in [-0.1, -0.05) is 6.08 Å². The molecule has 4 rings (SSSR count). The summed E-state index contributed by atoms with van der Waals surface area (Å²) >= 11 is 0. The molecule has 0 amide bonds. The molecule has 0 saturated heterocycles. The summed E-state index contributed by atoms with van der Waals surface area (Å²) in [7, 11) is 0. The number of fused-ring (bicyclic) bond motifs is 3. The Labute approximate surface area is 149 Å². The van der Waals surface area contributed by atoms with Gasteiger partial charge in [0.1, 0.15) is 17.7 Å². The molecule has 0 spiro atoms. The number of rotatable bonds is 2. The summed E-state index contributed by atoms with van der Waals surface area (Å²) in [6.45, 7) is 1.91. The van der Waals surface area contributed by atoms with Gasteiger partial charge in [0.05, 0.1) is 10.9 Å². The molecule has 1 aromatic carbocycles. The van der Waals surface area contributed by atoms with Crippen LogP contribution in [0.15, 0.2) is 29.3 Å². The van der Waals surface area contributed by atoms with Gasteiger partial charge in [0.25, 0.3) is 5.56 Å². The summed E-state index contributed by atoms with van der Waals surface area (Å²) in [4.78, 5) is 30.0. The number of nitrogens with zero attached hydrogens (tertiary/aromatic N) is 3. The Morgan fingerprint density at radius 1 is 1.40 bits per heavy atom. The molecule has 6 heteroatoms. The van der Waals surface area contributed by atoms with Gasteiger partial charge in [-0.3, -0.25) is 18.6 Å². The van der Waals surface area contributed by atoms with E-state index in [0.29, 0.717) is 35.3 Å². The van der Waals surface area contributed by atoms with Crippen LogP contribution in [-0.4, -0.2) is 32.8 Å². The number of hydrogen-bond donors (Lipinski definition) is 1. The van der Waals surface area contributed by atoms with E-state index in [0.717, 1.165) is 16.7 Å². The van der Waals surface area contributed by atoms with Crippen LogP contribution in [0.25, 0.3) is 22.1 Å². The Kier molecular flexibility index (Phi) is 2.86. The van der Waals surface area contributed by atoms with Crippen molar-refractivity contribution in [3.8, 4) is 0 Å². The summed E-state index contributed by atoms with van der Waals surface area (Å²) in [5.41, 5.74) is 2.38. The predicted octanol–water partition coefficient (Wildman–Crippen LogP) is 2.07. The summed E-state index contributed by atoms with van der Waals surface area (Å²) in [6.07, 6.45) is 4.12. The van der Waals surface area contributed by atoms with E-state index in [1.165, 1.54) is 13.3 Å². The largest absolute Gasteiger partial charge is 0.313 e. The van der Waals surface area contributed by atoms with Crippen LogP contribution in [0, 0.1) is 6.92 Å². The van der Waals surface area contributed by atoms with E-state index in [-0.39, 0.29) is 16.8 Å². The lowest BCUT2D eigenvalue weighted by Gasteiger charge is -2.15. The number of carbonyl (C=O) groups is 1. The van der Waals surface area contributed by atoms with E-state index >= 15 is 0 Å². The second-order valence-corrected chi connectivity index (χ2v) is 6.38. The average Bonchev–Trinajstić information content (AvgIpc) is 3.05. The van der Waals surface area contributed by atoms with Crippen LogP contribution in [-0.2, 0) is 6.98 Å². The maximum atomic E-state index is 13.3. The minimum atomic E-state index is -2.69. The molecule has 0 aliphatic carbocycles. The first-order valence-electron chi connectivity index (χ1n) is 9.68. The third-order valence-corrected chi connectivity index (χ3v) is 4.63. The van der Waals surface area contributed by atoms with Crippen LogP contribution in [0.2, 0.25) is 0 Å². The van der Waals surface area contributed by atoms with Crippen LogP contribution in [0.1, 0.15) is 39.1 Å². The molecule has 128 valence electrons. The summed E-state index contributed by atoms with van der Waals surface area (Å²) in [5, 5.41) is 3.40. The lowest BCUT2D eigenvalue weighted by molar-refractivity contribution is 0.101. The van der Waals surface area contributed by atoms with E-state index in [1.807, 2.05) is 6.08 Å². The van der Waals surface area contributed by atoms with Gasteiger partial charge in [-0.25, -0.2) is 4.98 Å². The molecular weight excluding hydrogens is 316 g/mol. The average molecular weight is 339 g/mol. The van der Waals surface area contributed by atoms with Gasteiger partial charge < -0.3 is 5.32 Å². The van der Waals surface area contributed by atoms with E-state index in [2.05, 4.69) is 10.3 Å². The van der Waals surface area contributed by atoms with Crippen molar-refractivity contribution in [3.63, 3.8) is 0 Å². The van der Waals surface area contributed by atoms with Crippen molar-refractivity contribution in [2.24, 2.45) is 6.98 Å². The molecule has 6 nitrogen and oxygen atoms in total. The molecule has 1 N–H and O–H groups in total. The molecule has 1 aliphatic heterocycles. The molecule has 25 heavy (non-hydrogen) atoms. The number of hydrogen-bond acceptors (Lipinski definition) is 4. The molecule has 0 radical (unpaired) electrons. The number of aryl methyl sites for hydroxylation is 2. The van der Waals surface area contributed by atoms with Gasteiger partial charge in [0.2, 0.25) is 0 Å². The van der Waals surface area contributed by atoms with Crippen LogP contribution in [0.5, 0.6) is 0 Å². The number of carbonyl (C=O) groups excluding carboxylic acids is 1. The normalized spacial score (nSPS) is 17.2. The zero-order valence-electron chi connectivity index (χ0n) is 17.1. The number of benzene rings is 1. The highest BCUT2D eigenvalue weighted by Crippen LogP contribution is 2.26. The monoisotopic (exact) mass is 339 g/mol. The number of ketones is 1. The quantitative estimate of drug-likeness (QED) is 0.726. The van der Waals surface area contributed by atoms with Crippen LogP contribution < -0.4 is 10.9 Å². The molecule has 0 fully saturated rings. The van der Waals surface area contributed by atoms with Crippen molar-refractivity contribution in [3.05, 3.63) is 51.7 Å². The van der Waals surface area contributed by atoms with Gasteiger partial charge in [0, 0.05) is 23.2 Å². The molecule has 1 aliphatic rings. The molecule has 0 unspecified atom stereocenters. The molecular formula is C19H20N4O2. The number of nitrogens with one attached hydrogen (secondary N) is 1. The summed E-state index contributed by atoms with van der Waals surface area (Å²) in [6, 6.07) is 3.34. The summed E-state index contributed by atoms with van der Waals surface area (Å²) in [5.74, 6) is -0.197. The second kappa shape index (κ2) is 5.67. The van der Waals surface area contributed by atoms with Crippen molar-refractivity contribution in [2.45, 2.75) is 20.3 Å². The summed E-state index contributed by atoms with van der Waals surface area (Å²) < 4.78 is 26.3. The lowest BCUT2D eigenvalue weighted by atomic mass is 10.0. The van der Waals surface area contributed by atoms with Crippen molar-refractivity contribution in [1.29, 1.82) is 0 Å². The predicted molar refractivity (Wildman–Crippen MR) is 98.1 cm³/mol. The second-order valence-electron chi connectivity index (χ2n) is 6.38. The highest BCUT2D eigenvalue weighted by Gasteiger charge is 2.20. The van der Waals surface area contributed by atoms with Gasteiger partial charge in [-0.05, 0) is 50.1 Å². The van der Waals surface area contributed by atoms with Crippen LogP contribution in [0.4, 0.5) is 0 Å². The zero-order valence-corrected chi connectivity index (χ0v) is 14.1. The fourth-order valence-corrected chi connectivity index (χ4v) is 3.47. The van der Waals surface area contributed by atoms with E-state index < -0.39 is 12.5 Å². The zero-order chi connectivity index (χ0) is 20.2. The Balaban J connectivity index is 2.26. The maximum Gasteiger partial charge on any atom is 0.261 e. The first-order valence-corrected chi connectivity index (χ1v) is 8.18. The molecule has 2 aromatic heterocycles. The molecule has 0 saturated carbocycles. The molecule has 0 atom stereocenters. The molecule has 3 heterocycles. The Morgan fingerprint density at radius 2 is 2.24 bits per heavy atom. The lowest BCUT2D eigenvalue weighted by Crippen LogP contribution is -2.23. The maximum absolute atomic E-state index is 13.3. The smallest absolute Gasteiger partial charge is 0.261 e. The van der Waals surface area contributed by atoms with Gasteiger partial charge in [-0.15, -0.1) is 0 Å². The number of imidazole rings is 1. The minimum Gasteiger partial charge on any atom is -0.313 e. The number of Topliss-reactive ketones (excluding diaryl/α,β-unsaturated/α-hetero) is 1. The third-order valence-electron chi connectivity index (χ3n) is 4.63. The van der Waals surface area contributed by atoms with E-state index in [9.17, 15) is 9.59 Å². The van der Waals surface area contributed by atoms with Crippen molar-refractivity contribution >= 4 is 27.9 Å². The van der Waals surface area contributed by atoms with Gasteiger partial charge in [0.15, 0.2) is 5.78 Å². The van der Waals surface area contributed by atoms with Gasteiger partial charge in [-0.2, -0.15) is 0 Å². The third kappa shape index (κ3) is 2.33. The Bertz CT molecular complexity index is 1220. The first kappa shape index (κ1) is 12.6. The standard InChI is InChI=1S/C19H20N4O2/c1-11-8-14(12(2)24)17-15(9-11)19(25)22(3)18-16(21-10-23(17)18)13-4-6-20-7-5-13/h4,8-10,20H,5-7H2,1-3H3/i3D3. The van der Waals surface area contributed by atoms with E-state index in [4.69, 9.17) is 4.11 Å². The highest BCUT2D eigenvalue weighted by molar-refractivity contribution is 6.06. The Hall–Kier alpha value is -2.73. The fourth-order valence-electron chi connectivity index (χ4n) is 3.47. The minimum absolute atomic E-state index is 0.192. The van der Waals surface area contributed by atoms with Crippen LogP contribution in [0.3, 0.4) is 0 Å².